The van der Waals surface area contributed by atoms with E-state index in [4.69, 9.17) is 0 Å². The van der Waals surface area contributed by atoms with Crippen molar-refractivity contribution >= 4 is 11.9 Å². The number of piperidine rings is 1. The van der Waals surface area contributed by atoms with Crippen molar-refractivity contribution in [2.75, 3.05) is 13.1 Å². The topological polar surface area (TPSA) is 69.6 Å². The summed E-state index contributed by atoms with van der Waals surface area (Å²) in [5, 5.41) is 12.3. The first kappa shape index (κ1) is 15.9. The second-order valence-electron chi connectivity index (χ2n) is 6.65. The Morgan fingerprint density at radius 2 is 2.13 bits per heavy atom. The smallest absolute Gasteiger partial charge is 0.309 e. The van der Waals surface area contributed by atoms with Crippen molar-refractivity contribution in [2.24, 2.45) is 5.92 Å². The lowest BCUT2D eigenvalue weighted by Crippen LogP contribution is -2.55. The van der Waals surface area contributed by atoms with Gasteiger partial charge in [-0.1, -0.05) is 6.07 Å². The Morgan fingerprint density at radius 1 is 1.43 bits per heavy atom. The lowest BCUT2D eigenvalue weighted by Gasteiger charge is -2.41. The van der Waals surface area contributed by atoms with E-state index in [1.54, 1.807) is 6.07 Å². The van der Waals surface area contributed by atoms with Crippen LogP contribution in [0.5, 0.6) is 0 Å². The third kappa shape index (κ3) is 3.08. The normalized spacial score (nSPS) is 23.9. The number of nitrogens with one attached hydrogen (secondary N) is 1. The van der Waals surface area contributed by atoms with Crippen LogP contribution in [0.3, 0.4) is 0 Å². The Kier molecular flexibility index (Phi) is 4.10. The second kappa shape index (κ2) is 5.92. The highest BCUT2D eigenvalue weighted by Gasteiger charge is 2.51. The van der Waals surface area contributed by atoms with Crippen LogP contribution in [0.2, 0.25) is 0 Å². The Bertz CT molecular complexity index is 639. The molecule has 2 heterocycles. The van der Waals surface area contributed by atoms with Crippen molar-refractivity contribution in [1.82, 2.24) is 10.2 Å². The molecule has 0 bridgehead atoms. The lowest BCUT2D eigenvalue weighted by atomic mass is 9.77. The fraction of sp³-hybridized carbons (Fsp3) is 0.529. The summed E-state index contributed by atoms with van der Waals surface area (Å²) in [5.74, 6) is -1.93. The SMILES string of the molecule is Cc1cc(F)ccc1CN1CCC2(CC1)NC(=O)CC2C(=O)O. The molecule has 2 saturated heterocycles. The number of nitrogens with zero attached hydrogens (tertiary/aromatic N) is 1. The molecule has 6 heteroatoms. The third-order valence-corrected chi connectivity index (χ3v) is 5.19. The monoisotopic (exact) mass is 320 g/mol. The zero-order valence-electron chi connectivity index (χ0n) is 13.1. The molecule has 5 nitrogen and oxygen atoms in total. The Balaban J connectivity index is 1.66. The van der Waals surface area contributed by atoms with Crippen LogP contribution in [0, 0.1) is 18.7 Å². The summed E-state index contributed by atoms with van der Waals surface area (Å²) in [7, 11) is 0. The van der Waals surface area contributed by atoms with Gasteiger partial charge in [0.15, 0.2) is 0 Å². The van der Waals surface area contributed by atoms with Crippen molar-refractivity contribution in [3.8, 4) is 0 Å². The van der Waals surface area contributed by atoms with Gasteiger partial charge in [0.2, 0.25) is 5.91 Å². The number of carbonyl (C=O) groups excluding carboxylic acids is 1. The van der Waals surface area contributed by atoms with E-state index in [-0.39, 0.29) is 18.1 Å². The first-order chi connectivity index (χ1) is 10.9. The van der Waals surface area contributed by atoms with Gasteiger partial charge in [0.1, 0.15) is 5.82 Å². The molecule has 2 aliphatic rings. The molecule has 23 heavy (non-hydrogen) atoms. The average Bonchev–Trinajstić information content (AvgIpc) is 2.81. The van der Waals surface area contributed by atoms with Gasteiger partial charge >= 0.3 is 5.97 Å². The van der Waals surface area contributed by atoms with Crippen LogP contribution in [0.4, 0.5) is 4.39 Å². The number of amides is 1. The van der Waals surface area contributed by atoms with Crippen LogP contribution in [0.1, 0.15) is 30.4 Å². The van der Waals surface area contributed by atoms with Gasteiger partial charge in [0.25, 0.3) is 0 Å². The van der Waals surface area contributed by atoms with E-state index in [9.17, 15) is 19.1 Å². The minimum Gasteiger partial charge on any atom is -0.481 e. The van der Waals surface area contributed by atoms with Gasteiger partial charge in [-0.15, -0.1) is 0 Å². The van der Waals surface area contributed by atoms with Crippen LogP contribution in [-0.4, -0.2) is 40.5 Å². The predicted molar refractivity (Wildman–Crippen MR) is 82.3 cm³/mol. The predicted octanol–water partition coefficient (Wildman–Crippen LogP) is 1.69. The van der Waals surface area contributed by atoms with Crippen LogP contribution >= 0.6 is 0 Å². The van der Waals surface area contributed by atoms with E-state index < -0.39 is 17.4 Å². The number of rotatable bonds is 3. The fourth-order valence-corrected chi connectivity index (χ4v) is 3.78. The van der Waals surface area contributed by atoms with E-state index in [1.165, 1.54) is 12.1 Å². The largest absolute Gasteiger partial charge is 0.481 e. The minimum atomic E-state index is -0.897. The highest BCUT2D eigenvalue weighted by atomic mass is 19.1. The quantitative estimate of drug-likeness (QED) is 0.889. The Hall–Kier alpha value is -1.95. The highest BCUT2D eigenvalue weighted by Crippen LogP contribution is 2.37. The third-order valence-electron chi connectivity index (χ3n) is 5.19. The van der Waals surface area contributed by atoms with E-state index in [0.717, 1.165) is 24.2 Å². The molecule has 0 saturated carbocycles. The summed E-state index contributed by atoms with van der Waals surface area (Å²) in [4.78, 5) is 25.3. The minimum absolute atomic E-state index is 0.0758. The van der Waals surface area contributed by atoms with Crippen molar-refractivity contribution in [2.45, 2.75) is 38.3 Å². The van der Waals surface area contributed by atoms with Crippen molar-refractivity contribution < 1.29 is 19.1 Å². The van der Waals surface area contributed by atoms with Gasteiger partial charge in [-0.05, 0) is 43.0 Å². The number of halogens is 1. The van der Waals surface area contributed by atoms with Crippen LogP contribution < -0.4 is 5.32 Å². The maximum Gasteiger partial charge on any atom is 0.309 e. The first-order valence-electron chi connectivity index (χ1n) is 7.91. The number of aliphatic carboxylic acids is 1. The first-order valence-corrected chi connectivity index (χ1v) is 7.91. The van der Waals surface area contributed by atoms with E-state index in [2.05, 4.69) is 10.2 Å². The summed E-state index contributed by atoms with van der Waals surface area (Å²) in [6, 6.07) is 4.79. The Labute approximate surface area is 134 Å². The molecule has 2 N–H and O–H groups in total. The van der Waals surface area contributed by atoms with Gasteiger partial charge in [-0.25, -0.2) is 4.39 Å². The molecule has 1 atom stereocenters. The van der Waals surface area contributed by atoms with Gasteiger partial charge in [-0.3, -0.25) is 14.5 Å². The molecule has 2 fully saturated rings. The number of carbonyl (C=O) groups is 2. The number of likely N-dealkylation sites (tertiary alicyclic amines) is 1. The van der Waals surface area contributed by atoms with E-state index >= 15 is 0 Å². The standard InChI is InChI=1S/C17H21FN2O3/c1-11-8-13(18)3-2-12(11)10-20-6-4-17(5-7-20)14(16(22)23)9-15(21)19-17/h2-3,8,14H,4-7,9-10H2,1H3,(H,19,21)(H,22,23). The number of hydrogen-bond acceptors (Lipinski definition) is 3. The summed E-state index contributed by atoms with van der Waals surface area (Å²) < 4.78 is 13.2. The van der Waals surface area contributed by atoms with Crippen molar-refractivity contribution in [3.63, 3.8) is 0 Å². The zero-order chi connectivity index (χ0) is 16.6. The maximum absolute atomic E-state index is 13.2. The molecule has 1 aromatic rings. The number of carboxylic acids is 1. The van der Waals surface area contributed by atoms with Crippen molar-refractivity contribution in [3.05, 3.63) is 35.1 Å². The summed E-state index contributed by atoms with van der Waals surface area (Å²) >= 11 is 0. The second-order valence-corrected chi connectivity index (χ2v) is 6.65. The van der Waals surface area contributed by atoms with E-state index in [0.29, 0.717) is 19.4 Å². The molecule has 1 amide bonds. The molecule has 2 aliphatic heterocycles. The molecule has 1 spiro atoms. The molecule has 0 aromatic heterocycles. The van der Waals surface area contributed by atoms with Crippen LogP contribution in [0.15, 0.2) is 18.2 Å². The Morgan fingerprint density at radius 3 is 2.74 bits per heavy atom. The van der Waals surface area contributed by atoms with Gasteiger partial charge in [-0.2, -0.15) is 0 Å². The summed E-state index contributed by atoms with van der Waals surface area (Å²) in [6.45, 7) is 4.05. The van der Waals surface area contributed by atoms with Crippen molar-refractivity contribution in [1.29, 1.82) is 0 Å². The number of benzene rings is 1. The zero-order valence-corrected chi connectivity index (χ0v) is 13.1. The molecule has 1 unspecified atom stereocenters. The molecule has 0 radical (unpaired) electrons. The van der Waals surface area contributed by atoms with Gasteiger partial charge in [0.05, 0.1) is 11.5 Å². The highest BCUT2D eigenvalue weighted by molar-refractivity contribution is 5.88. The average molecular weight is 320 g/mol. The molecular weight excluding hydrogens is 299 g/mol. The van der Waals surface area contributed by atoms with Gasteiger partial charge < -0.3 is 10.4 Å². The molecular formula is C17H21FN2O3. The fourth-order valence-electron chi connectivity index (χ4n) is 3.78. The lowest BCUT2D eigenvalue weighted by molar-refractivity contribution is -0.144. The summed E-state index contributed by atoms with van der Waals surface area (Å²) in [6.07, 6.45) is 1.35. The van der Waals surface area contributed by atoms with Crippen LogP contribution in [0.25, 0.3) is 0 Å². The molecule has 124 valence electrons. The number of hydrogen-bond donors (Lipinski definition) is 2. The maximum atomic E-state index is 13.2. The molecule has 1 aromatic carbocycles. The van der Waals surface area contributed by atoms with E-state index in [1.807, 2.05) is 6.92 Å². The summed E-state index contributed by atoms with van der Waals surface area (Å²) in [5.41, 5.74) is 1.40. The molecule has 0 aliphatic carbocycles. The molecule has 3 rings (SSSR count). The number of aryl methyl sites for hydroxylation is 1. The number of carboxylic acid groups (broad SMARTS) is 1. The van der Waals surface area contributed by atoms with Gasteiger partial charge in [0, 0.05) is 26.1 Å². The van der Waals surface area contributed by atoms with Crippen LogP contribution in [-0.2, 0) is 16.1 Å².